The molecular weight excluding hydrogens is 438 g/mol. The third-order valence-electron chi connectivity index (χ3n) is 7.90. The van der Waals surface area contributed by atoms with Crippen LogP contribution in [-0.4, -0.2) is 63.1 Å². The molecule has 2 aliphatic heterocycles. The molecule has 0 spiro atoms. The zero-order chi connectivity index (χ0) is 24.8. The third kappa shape index (κ3) is 4.20. The summed E-state index contributed by atoms with van der Waals surface area (Å²) in [7, 11) is 4.05. The van der Waals surface area contributed by atoms with Gasteiger partial charge in [-0.25, -0.2) is 4.98 Å². The lowest BCUT2D eigenvalue weighted by atomic mass is 9.62. The Hall–Kier alpha value is -2.61. The Bertz CT molecular complexity index is 1180. The number of benzene rings is 1. The van der Waals surface area contributed by atoms with Gasteiger partial charge in [-0.2, -0.15) is 5.10 Å². The molecule has 0 radical (unpaired) electrons. The van der Waals surface area contributed by atoms with Crippen LogP contribution >= 0.6 is 0 Å². The topological polar surface area (TPSA) is 76.3 Å². The van der Waals surface area contributed by atoms with Crippen LogP contribution in [0.1, 0.15) is 68.0 Å². The predicted molar refractivity (Wildman–Crippen MR) is 136 cm³/mol. The maximum atomic E-state index is 12.5. The monoisotopic (exact) mass is 475 g/mol. The van der Waals surface area contributed by atoms with Crippen molar-refractivity contribution in [2.75, 3.05) is 33.4 Å². The van der Waals surface area contributed by atoms with Crippen molar-refractivity contribution in [2.45, 2.75) is 51.0 Å². The first-order valence-electron chi connectivity index (χ1n) is 12.7. The Kier molecular flexibility index (Phi) is 6.28. The van der Waals surface area contributed by atoms with E-state index in [-0.39, 0.29) is 5.41 Å². The molecule has 1 aromatic carbocycles. The number of nitrogens with zero attached hydrogens (tertiary/aromatic N) is 5. The zero-order valence-corrected chi connectivity index (χ0v) is 21.5. The van der Waals surface area contributed by atoms with Crippen molar-refractivity contribution in [1.82, 2.24) is 24.6 Å². The fraction of sp³-hybridized carbons (Fsp3) is 0.536. The molecule has 1 N–H and O–H groups in total. The van der Waals surface area contributed by atoms with Crippen LogP contribution in [0.4, 0.5) is 0 Å². The van der Waals surface area contributed by atoms with E-state index in [1.165, 1.54) is 5.56 Å². The van der Waals surface area contributed by atoms with Gasteiger partial charge in [-0.3, -0.25) is 9.67 Å². The van der Waals surface area contributed by atoms with E-state index in [1.807, 2.05) is 17.8 Å². The highest BCUT2D eigenvalue weighted by Gasteiger charge is 2.55. The van der Waals surface area contributed by atoms with Gasteiger partial charge in [0.25, 0.3) is 0 Å². The van der Waals surface area contributed by atoms with Gasteiger partial charge in [-0.1, -0.05) is 45.0 Å². The molecule has 2 aromatic heterocycles. The van der Waals surface area contributed by atoms with Gasteiger partial charge >= 0.3 is 0 Å². The lowest BCUT2D eigenvalue weighted by Gasteiger charge is -2.55. The second-order valence-corrected chi connectivity index (χ2v) is 11.0. The molecule has 186 valence electrons. The van der Waals surface area contributed by atoms with Crippen molar-refractivity contribution >= 4 is 0 Å². The van der Waals surface area contributed by atoms with E-state index in [4.69, 9.17) is 14.8 Å². The van der Waals surface area contributed by atoms with Gasteiger partial charge < -0.3 is 14.7 Å². The van der Waals surface area contributed by atoms with Crippen LogP contribution in [0.3, 0.4) is 0 Å². The molecule has 35 heavy (non-hydrogen) atoms. The van der Waals surface area contributed by atoms with Crippen molar-refractivity contribution < 1.29 is 9.84 Å². The SMILES string of the molecule is CC(C)c1ccc([C@](O)(c2cncc(-c3nc(C4CCOCC4)n(C)n3)c2)C2(C)CN(C)C2)cc1. The average Bonchev–Trinajstić information content (AvgIpc) is 3.25. The molecule has 2 fully saturated rings. The maximum absolute atomic E-state index is 12.5. The largest absolute Gasteiger partial charge is 0.381 e. The van der Waals surface area contributed by atoms with Crippen molar-refractivity contribution in [2.24, 2.45) is 12.5 Å². The molecule has 0 unspecified atom stereocenters. The van der Waals surface area contributed by atoms with E-state index >= 15 is 0 Å². The summed E-state index contributed by atoms with van der Waals surface area (Å²) in [5.41, 5.74) is 2.24. The standard InChI is InChI=1S/C28H37N5O2/c1-19(2)20-6-8-23(9-7-20)28(34,27(3)17-32(4)18-27)24-14-22(15-29-16-24)25-30-26(33(5)31-25)21-10-12-35-13-11-21/h6-9,14-16,19,21,34H,10-13,17-18H2,1-5H3/t28-/m0/s1. The van der Waals surface area contributed by atoms with Crippen molar-refractivity contribution in [1.29, 1.82) is 0 Å². The number of likely N-dealkylation sites (tertiary alicyclic amines) is 1. The number of rotatable bonds is 6. The first-order chi connectivity index (χ1) is 16.7. The Balaban J connectivity index is 1.55. The summed E-state index contributed by atoms with van der Waals surface area (Å²) in [5, 5.41) is 17.2. The molecule has 0 amide bonds. The molecule has 0 bridgehead atoms. The van der Waals surface area contributed by atoms with Crippen molar-refractivity contribution in [3.05, 3.63) is 65.2 Å². The minimum atomic E-state index is -1.18. The van der Waals surface area contributed by atoms with Crippen molar-refractivity contribution in [3.63, 3.8) is 0 Å². The van der Waals surface area contributed by atoms with E-state index in [1.54, 1.807) is 12.4 Å². The molecular formula is C28H37N5O2. The Labute approximate surface area is 208 Å². The van der Waals surface area contributed by atoms with E-state index in [2.05, 4.69) is 62.0 Å². The summed E-state index contributed by atoms with van der Waals surface area (Å²) in [5.74, 6) is 2.43. The highest BCUT2D eigenvalue weighted by molar-refractivity contribution is 5.56. The number of aliphatic hydroxyl groups is 1. The van der Waals surface area contributed by atoms with Gasteiger partial charge in [0.15, 0.2) is 5.82 Å². The average molecular weight is 476 g/mol. The smallest absolute Gasteiger partial charge is 0.182 e. The predicted octanol–water partition coefficient (Wildman–Crippen LogP) is 4.08. The van der Waals surface area contributed by atoms with Crippen LogP contribution in [0, 0.1) is 5.41 Å². The molecule has 3 aromatic rings. The fourth-order valence-corrected chi connectivity index (χ4v) is 5.94. The zero-order valence-electron chi connectivity index (χ0n) is 21.5. The van der Waals surface area contributed by atoms with Crippen LogP contribution in [0.25, 0.3) is 11.4 Å². The van der Waals surface area contributed by atoms with Crippen LogP contribution in [0.2, 0.25) is 0 Å². The van der Waals surface area contributed by atoms with Crippen molar-refractivity contribution in [3.8, 4) is 11.4 Å². The lowest BCUT2D eigenvalue weighted by Crippen LogP contribution is -2.63. The van der Waals surface area contributed by atoms with Gasteiger partial charge in [0.05, 0.1) is 0 Å². The van der Waals surface area contributed by atoms with Gasteiger partial charge in [0, 0.05) is 68.2 Å². The van der Waals surface area contributed by atoms with Gasteiger partial charge in [0.1, 0.15) is 11.4 Å². The molecule has 0 saturated carbocycles. The summed E-state index contributed by atoms with van der Waals surface area (Å²) in [6.45, 7) is 9.67. The van der Waals surface area contributed by atoms with Gasteiger partial charge in [-0.15, -0.1) is 0 Å². The van der Waals surface area contributed by atoms with Gasteiger partial charge in [-0.05, 0) is 43.0 Å². The van der Waals surface area contributed by atoms with Gasteiger partial charge in [0.2, 0.25) is 0 Å². The number of aryl methyl sites for hydroxylation is 1. The number of aromatic nitrogens is 4. The highest BCUT2D eigenvalue weighted by Crippen LogP contribution is 2.50. The Morgan fingerprint density at radius 3 is 2.37 bits per heavy atom. The molecule has 1 atom stereocenters. The Morgan fingerprint density at radius 1 is 1.06 bits per heavy atom. The highest BCUT2D eigenvalue weighted by atomic mass is 16.5. The second-order valence-electron chi connectivity index (χ2n) is 11.0. The summed E-state index contributed by atoms with van der Waals surface area (Å²) in [6.07, 6.45) is 5.51. The molecule has 7 heteroatoms. The molecule has 2 saturated heterocycles. The number of pyridine rings is 1. The molecule has 5 rings (SSSR count). The van der Waals surface area contributed by atoms with E-state index < -0.39 is 5.60 Å². The van der Waals surface area contributed by atoms with E-state index in [0.717, 1.165) is 61.7 Å². The third-order valence-corrected chi connectivity index (χ3v) is 7.90. The quantitative estimate of drug-likeness (QED) is 0.579. The minimum Gasteiger partial charge on any atom is -0.381 e. The number of hydrogen-bond donors (Lipinski definition) is 1. The molecule has 0 aliphatic carbocycles. The van der Waals surface area contributed by atoms with E-state index in [9.17, 15) is 5.11 Å². The number of hydrogen-bond acceptors (Lipinski definition) is 6. The first kappa shape index (κ1) is 24.1. The minimum absolute atomic E-state index is 0.341. The van der Waals surface area contributed by atoms with E-state index in [0.29, 0.717) is 17.7 Å². The molecule has 2 aliphatic rings. The second kappa shape index (κ2) is 9.12. The van der Waals surface area contributed by atoms with Crippen LogP contribution in [0.5, 0.6) is 0 Å². The first-order valence-corrected chi connectivity index (χ1v) is 12.7. The lowest BCUT2D eigenvalue weighted by molar-refractivity contribution is -0.127. The van der Waals surface area contributed by atoms with Crippen LogP contribution in [-0.2, 0) is 17.4 Å². The Morgan fingerprint density at radius 2 is 1.74 bits per heavy atom. The molecule has 4 heterocycles. The summed E-state index contributed by atoms with van der Waals surface area (Å²) in [6, 6.07) is 10.4. The normalized spacial score (nSPS) is 20.5. The maximum Gasteiger partial charge on any atom is 0.182 e. The molecule has 7 nitrogen and oxygen atoms in total. The van der Waals surface area contributed by atoms with Crippen LogP contribution in [0.15, 0.2) is 42.7 Å². The summed E-state index contributed by atoms with van der Waals surface area (Å²) in [4.78, 5) is 11.7. The summed E-state index contributed by atoms with van der Waals surface area (Å²) < 4.78 is 7.41. The fourth-order valence-electron chi connectivity index (χ4n) is 5.94. The number of ether oxygens (including phenoxy) is 1. The van der Waals surface area contributed by atoms with Crippen LogP contribution < -0.4 is 0 Å². The summed E-state index contributed by atoms with van der Waals surface area (Å²) >= 11 is 0.